The van der Waals surface area contributed by atoms with Crippen LogP contribution >= 0.6 is 0 Å². The normalized spacial score (nSPS) is 13.6. The summed E-state index contributed by atoms with van der Waals surface area (Å²) in [6.45, 7) is 4.08. The second kappa shape index (κ2) is 5.74. The van der Waals surface area contributed by atoms with E-state index in [-0.39, 0.29) is 0 Å². The van der Waals surface area contributed by atoms with Gasteiger partial charge in [-0.3, -0.25) is 4.98 Å². The molecular weight excluding hydrogens is 270 g/mol. The molecule has 0 spiro atoms. The molecule has 110 valence electrons. The van der Waals surface area contributed by atoms with Crippen molar-refractivity contribution in [2.24, 2.45) is 0 Å². The van der Waals surface area contributed by atoms with Crippen LogP contribution in [0.4, 0.5) is 0 Å². The fourth-order valence-electron chi connectivity index (χ4n) is 2.92. The molecule has 2 heteroatoms. The summed E-state index contributed by atoms with van der Waals surface area (Å²) >= 11 is 0. The van der Waals surface area contributed by atoms with Crippen LogP contribution in [0.25, 0.3) is 0 Å². The van der Waals surface area contributed by atoms with Gasteiger partial charge in [0.25, 0.3) is 0 Å². The number of hydrogen-bond donors (Lipinski definition) is 1. The first-order chi connectivity index (χ1) is 10.6. The van der Waals surface area contributed by atoms with Gasteiger partial charge in [-0.1, -0.05) is 60.2 Å². The summed E-state index contributed by atoms with van der Waals surface area (Å²) in [6, 6.07) is 21.4. The van der Waals surface area contributed by atoms with Crippen molar-refractivity contribution in [1.29, 1.82) is 0 Å². The van der Waals surface area contributed by atoms with E-state index in [1.165, 1.54) is 5.56 Å². The van der Waals surface area contributed by atoms with E-state index in [1.807, 2.05) is 67.6 Å². The van der Waals surface area contributed by atoms with Gasteiger partial charge < -0.3 is 5.11 Å². The second-order valence-electron chi connectivity index (χ2n) is 5.61. The molecule has 2 aromatic carbocycles. The molecule has 1 aromatic heterocycles. The number of hydrogen-bond acceptors (Lipinski definition) is 2. The summed E-state index contributed by atoms with van der Waals surface area (Å²) < 4.78 is 0. The smallest absolute Gasteiger partial charge is 0.157 e. The number of nitrogens with zero attached hydrogens (tertiary/aromatic N) is 1. The number of aromatic nitrogens is 1. The van der Waals surface area contributed by atoms with Crippen LogP contribution in [0.2, 0.25) is 0 Å². The summed E-state index contributed by atoms with van der Waals surface area (Å²) in [4.78, 5) is 4.42. The molecular formula is C20H19NO. The summed E-state index contributed by atoms with van der Waals surface area (Å²) in [6.07, 6.45) is 1.72. The van der Waals surface area contributed by atoms with Crippen molar-refractivity contribution in [2.45, 2.75) is 19.4 Å². The van der Waals surface area contributed by atoms with E-state index >= 15 is 0 Å². The SMILES string of the molecule is Cc1ccc(C(O)(c2ccccc2)c2ccccn2)c(C)c1. The maximum absolute atomic E-state index is 11.6. The third-order valence-corrected chi connectivity index (χ3v) is 4.00. The van der Waals surface area contributed by atoms with Crippen LogP contribution in [-0.2, 0) is 5.60 Å². The van der Waals surface area contributed by atoms with Gasteiger partial charge in [0, 0.05) is 6.20 Å². The minimum absolute atomic E-state index is 0.633. The van der Waals surface area contributed by atoms with E-state index in [9.17, 15) is 5.11 Å². The number of aliphatic hydroxyl groups is 1. The zero-order valence-electron chi connectivity index (χ0n) is 12.8. The molecule has 0 aliphatic rings. The average molecular weight is 289 g/mol. The van der Waals surface area contributed by atoms with Gasteiger partial charge in [0.15, 0.2) is 5.60 Å². The highest BCUT2D eigenvalue weighted by Crippen LogP contribution is 2.37. The monoisotopic (exact) mass is 289 g/mol. The van der Waals surface area contributed by atoms with Crippen molar-refractivity contribution < 1.29 is 5.11 Å². The standard InChI is InChI=1S/C20H19NO/c1-15-11-12-18(16(2)14-15)20(22,17-8-4-3-5-9-17)19-10-6-7-13-21-19/h3-14,22H,1-2H3. The Balaban J connectivity index is 2.28. The van der Waals surface area contributed by atoms with Gasteiger partial charge in [0.05, 0.1) is 5.69 Å². The Morgan fingerprint density at radius 3 is 2.23 bits per heavy atom. The maximum atomic E-state index is 11.6. The third-order valence-electron chi connectivity index (χ3n) is 4.00. The van der Waals surface area contributed by atoms with Crippen LogP contribution in [0.15, 0.2) is 72.9 Å². The molecule has 0 bridgehead atoms. The number of pyridine rings is 1. The van der Waals surface area contributed by atoms with E-state index in [2.05, 4.69) is 18.0 Å². The molecule has 1 unspecified atom stereocenters. The van der Waals surface area contributed by atoms with Crippen molar-refractivity contribution in [1.82, 2.24) is 4.98 Å². The first-order valence-corrected chi connectivity index (χ1v) is 7.39. The fourth-order valence-corrected chi connectivity index (χ4v) is 2.92. The van der Waals surface area contributed by atoms with E-state index in [0.29, 0.717) is 5.69 Å². The Morgan fingerprint density at radius 1 is 0.864 bits per heavy atom. The van der Waals surface area contributed by atoms with Crippen LogP contribution in [0, 0.1) is 13.8 Å². The fraction of sp³-hybridized carbons (Fsp3) is 0.150. The lowest BCUT2D eigenvalue weighted by Crippen LogP contribution is -2.30. The molecule has 3 aromatic rings. The molecule has 0 saturated heterocycles. The number of rotatable bonds is 3. The average Bonchev–Trinajstić information content (AvgIpc) is 2.56. The van der Waals surface area contributed by atoms with Crippen LogP contribution < -0.4 is 0 Å². The van der Waals surface area contributed by atoms with Gasteiger partial charge in [-0.2, -0.15) is 0 Å². The van der Waals surface area contributed by atoms with Gasteiger partial charge in [0.1, 0.15) is 0 Å². The Labute approximate surface area is 131 Å². The minimum atomic E-state index is -1.25. The lowest BCUT2D eigenvalue weighted by atomic mass is 9.80. The molecule has 0 aliphatic carbocycles. The second-order valence-corrected chi connectivity index (χ2v) is 5.61. The van der Waals surface area contributed by atoms with E-state index < -0.39 is 5.60 Å². The molecule has 0 amide bonds. The van der Waals surface area contributed by atoms with Gasteiger partial charge in [-0.25, -0.2) is 0 Å². The third kappa shape index (κ3) is 2.42. The summed E-state index contributed by atoms with van der Waals surface area (Å²) in [5.41, 5.74) is 3.30. The zero-order valence-corrected chi connectivity index (χ0v) is 12.8. The molecule has 1 heterocycles. The molecule has 1 N–H and O–H groups in total. The molecule has 2 nitrogen and oxygen atoms in total. The van der Waals surface area contributed by atoms with Crippen LogP contribution in [0.3, 0.4) is 0 Å². The van der Waals surface area contributed by atoms with Crippen LogP contribution in [0.5, 0.6) is 0 Å². The Kier molecular flexibility index (Phi) is 3.78. The number of aryl methyl sites for hydroxylation is 2. The molecule has 1 atom stereocenters. The highest BCUT2D eigenvalue weighted by molar-refractivity contribution is 5.48. The molecule has 3 rings (SSSR count). The lowest BCUT2D eigenvalue weighted by Gasteiger charge is -2.30. The Morgan fingerprint density at radius 2 is 1.59 bits per heavy atom. The Bertz CT molecular complexity index is 727. The summed E-state index contributed by atoms with van der Waals surface area (Å²) in [5, 5.41) is 11.6. The van der Waals surface area contributed by atoms with Gasteiger partial charge in [0.2, 0.25) is 0 Å². The highest BCUT2D eigenvalue weighted by atomic mass is 16.3. The molecule has 0 saturated carbocycles. The quantitative estimate of drug-likeness (QED) is 0.791. The first-order valence-electron chi connectivity index (χ1n) is 7.39. The van der Waals surface area contributed by atoms with Crippen LogP contribution in [-0.4, -0.2) is 10.1 Å². The van der Waals surface area contributed by atoms with E-state index in [1.54, 1.807) is 6.20 Å². The van der Waals surface area contributed by atoms with E-state index in [4.69, 9.17) is 0 Å². The Hall–Kier alpha value is -2.45. The molecule has 0 radical (unpaired) electrons. The van der Waals surface area contributed by atoms with Crippen molar-refractivity contribution >= 4 is 0 Å². The predicted octanol–water partition coefficient (Wildman–Crippen LogP) is 3.98. The predicted molar refractivity (Wildman–Crippen MR) is 88.7 cm³/mol. The van der Waals surface area contributed by atoms with Gasteiger partial charge in [-0.05, 0) is 42.7 Å². The lowest BCUT2D eigenvalue weighted by molar-refractivity contribution is 0.120. The maximum Gasteiger partial charge on any atom is 0.157 e. The summed E-state index contributed by atoms with van der Waals surface area (Å²) in [5.74, 6) is 0. The molecule has 0 aliphatic heterocycles. The molecule has 22 heavy (non-hydrogen) atoms. The first kappa shape index (κ1) is 14.5. The largest absolute Gasteiger partial charge is 0.374 e. The van der Waals surface area contributed by atoms with Gasteiger partial charge >= 0.3 is 0 Å². The zero-order chi connectivity index (χ0) is 15.6. The van der Waals surface area contributed by atoms with Crippen molar-refractivity contribution in [3.8, 4) is 0 Å². The van der Waals surface area contributed by atoms with Gasteiger partial charge in [-0.15, -0.1) is 0 Å². The van der Waals surface area contributed by atoms with Crippen molar-refractivity contribution in [2.75, 3.05) is 0 Å². The van der Waals surface area contributed by atoms with Crippen molar-refractivity contribution in [3.05, 3.63) is 101 Å². The topological polar surface area (TPSA) is 33.1 Å². The van der Waals surface area contributed by atoms with Crippen molar-refractivity contribution in [3.63, 3.8) is 0 Å². The van der Waals surface area contributed by atoms with E-state index in [0.717, 1.165) is 16.7 Å². The van der Waals surface area contributed by atoms with Crippen LogP contribution in [0.1, 0.15) is 27.9 Å². The highest BCUT2D eigenvalue weighted by Gasteiger charge is 2.36. The molecule has 0 fully saturated rings. The summed E-state index contributed by atoms with van der Waals surface area (Å²) in [7, 11) is 0. The number of benzene rings is 2. The minimum Gasteiger partial charge on any atom is -0.374 e.